The molecule has 1 aromatic rings. The van der Waals surface area contributed by atoms with Gasteiger partial charge in [-0.25, -0.2) is 0 Å². The SMILES string of the molecule is O=C(CN1C(=O)c2ccccc2C1=O)NCC1(CO)CCCCC1. The molecular formula is C18H22N2O4. The van der Waals surface area contributed by atoms with E-state index in [1.54, 1.807) is 24.3 Å². The molecule has 2 aliphatic rings. The fourth-order valence-electron chi connectivity index (χ4n) is 3.56. The van der Waals surface area contributed by atoms with Crippen LogP contribution in [0.4, 0.5) is 0 Å². The molecule has 1 fully saturated rings. The van der Waals surface area contributed by atoms with E-state index in [2.05, 4.69) is 5.32 Å². The van der Waals surface area contributed by atoms with Crippen molar-refractivity contribution in [3.8, 4) is 0 Å². The van der Waals surface area contributed by atoms with Crippen molar-refractivity contribution in [3.63, 3.8) is 0 Å². The molecular weight excluding hydrogens is 308 g/mol. The molecule has 6 heteroatoms. The number of carbonyl (C=O) groups is 3. The van der Waals surface area contributed by atoms with Gasteiger partial charge in [-0.2, -0.15) is 0 Å². The second kappa shape index (κ2) is 6.73. The van der Waals surface area contributed by atoms with Gasteiger partial charge in [0.2, 0.25) is 5.91 Å². The van der Waals surface area contributed by atoms with Crippen LogP contribution in [0.25, 0.3) is 0 Å². The third-order valence-electron chi connectivity index (χ3n) is 5.09. The molecule has 0 spiro atoms. The normalized spacial score (nSPS) is 19.3. The average Bonchev–Trinajstić information content (AvgIpc) is 2.86. The predicted octanol–water partition coefficient (Wildman–Crippen LogP) is 1.34. The van der Waals surface area contributed by atoms with Crippen LogP contribution in [0, 0.1) is 5.41 Å². The summed E-state index contributed by atoms with van der Waals surface area (Å²) in [6, 6.07) is 6.58. The van der Waals surface area contributed by atoms with Gasteiger partial charge in [0, 0.05) is 12.0 Å². The van der Waals surface area contributed by atoms with E-state index in [1.807, 2.05) is 0 Å². The fraction of sp³-hybridized carbons (Fsp3) is 0.500. The van der Waals surface area contributed by atoms with Gasteiger partial charge in [-0.15, -0.1) is 0 Å². The van der Waals surface area contributed by atoms with E-state index in [0.29, 0.717) is 17.7 Å². The maximum Gasteiger partial charge on any atom is 0.262 e. The van der Waals surface area contributed by atoms with Gasteiger partial charge < -0.3 is 10.4 Å². The lowest BCUT2D eigenvalue weighted by molar-refractivity contribution is -0.122. The van der Waals surface area contributed by atoms with Crippen LogP contribution in [0.15, 0.2) is 24.3 Å². The van der Waals surface area contributed by atoms with Crippen LogP contribution >= 0.6 is 0 Å². The zero-order valence-electron chi connectivity index (χ0n) is 13.6. The van der Waals surface area contributed by atoms with E-state index in [4.69, 9.17) is 0 Å². The van der Waals surface area contributed by atoms with Crippen molar-refractivity contribution in [2.24, 2.45) is 5.41 Å². The fourth-order valence-corrected chi connectivity index (χ4v) is 3.56. The number of benzene rings is 1. The standard InChI is InChI=1S/C18H22N2O4/c21-12-18(8-4-1-5-9-18)11-19-15(22)10-20-16(23)13-6-2-3-7-14(13)17(20)24/h2-3,6-7,21H,1,4-5,8-12H2,(H,19,22). The maximum atomic E-state index is 12.3. The predicted molar refractivity (Wildman–Crippen MR) is 87.4 cm³/mol. The second-order valence-corrected chi connectivity index (χ2v) is 6.74. The molecule has 2 N–H and O–H groups in total. The van der Waals surface area contributed by atoms with Crippen molar-refractivity contribution < 1.29 is 19.5 Å². The summed E-state index contributed by atoms with van der Waals surface area (Å²) in [6.07, 6.45) is 5.03. The summed E-state index contributed by atoms with van der Waals surface area (Å²) in [5.74, 6) is -1.23. The Balaban J connectivity index is 1.60. The number of hydrogen-bond acceptors (Lipinski definition) is 4. The first-order valence-electron chi connectivity index (χ1n) is 8.39. The molecule has 0 radical (unpaired) electrons. The summed E-state index contributed by atoms with van der Waals surface area (Å²) in [5, 5.41) is 12.5. The number of hydrogen-bond donors (Lipinski definition) is 2. The smallest absolute Gasteiger partial charge is 0.262 e. The zero-order chi connectivity index (χ0) is 17.2. The van der Waals surface area contributed by atoms with Crippen molar-refractivity contribution in [3.05, 3.63) is 35.4 Å². The third kappa shape index (κ3) is 3.06. The lowest BCUT2D eigenvalue weighted by Crippen LogP contribution is -2.46. The minimum Gasteiger partial charge on any atom is -0.396 e. The molecule has 0 atom stereocenters. The molecule has 24 heavy (non-hydrogen) atoms. The van der Waals surface area contributed by atoms with Crippen LogP contribution in [0.2, 0.25) is 0 Å². The lowest BCUT2D eigenvalue weighted by Gasteiger charge is -2.35. The maximum absolute atomic E-state index is 12.3. The third-order valence-corrected chi connectivity index (χ3v) is 5.09. The number of imide groups is 1. The van der Waals surface area contributed by atoms with E-state index in [-0.39, 0.29) is 24.5 Å². The van der Waals surface area contributed by atoms with Crippen LogP contribution in [0.5, 0.6) is 0 Å². The Morgan fingerprint density at radius 3 is 2.21 bits per heavy atom. The number of nitrogens with zero attached hydrogens (tertiary/aromatic N) is 1. The summed E-state index contributed by atoms with van der Waals surface area (Å²) in [7, 11) is 0. The quantitative estimate of drug-likeness (QED) is 0.798. The van der Waals surface area contributed by atoms with Gasteiger partial charge in [-0.3, -0.25) is 19.3 Å². The summed E-state index contributed by atoms with van der Waals surface area (Å²) >= 11 is 0. The molecule has 3 rings (SSSR count). The molecule has 0 unspecified atom stereocenters. The van der Waals surface area contributed by atoms with Crippen LogP contribution in [0.1, 0.15) is 52.8 Å². The highest BCUT2D eigenvalue weighted by Crippen LogP contribution is 2.35. The van der Waals surface area contributed by atoms with Gasteiger partial charge >= 0.3 is 0 Å². The van der Waals surface area contributed by atoms with Gasteiger partial charge in [0.05, 0.1) is 17.7 Å². The van der Waals surface area contributed by atoms with Crippen LogP contribution in [-0.2, 0) is 4.79 Å². The number of aliphatic hydroxyl groups is 1. The topological polar surface area (TPSA) is 86.7 Å². The molecule has 3 amide bonds. The van der Waals surface area contributed by atoms with Crippen LogP contribution in [0.3, 0.4) is 0 Å². The molecule has 1 aliphatic carbocycles. The Morgan fingerprint density at radius 2 is 1.67 bits per heavy atom. The Morgan fingerprint density at radius 1 is 1.08 bits per heavy atom. The lowest BCUT2D eigenvalue weighted by atomic mass is 9.74. The van der Waals surface area contributed by atoms with Gasteiger partial charge in [-0.1, -0.05) is 31.4 Å². The number of rotatable bonds is 5. The Labute approximate surface area is 140 Å². The molecule has 0 aromatic heterocycles. The molecule has 1 aliphatic heterocycles. The summed E-state index contributed by atoms with van der Waals surface area (Å²) in [6.45, 7) is 0.139. The van der Waals surface area contributed by atoms with Crippen molar-refractivity contribution in [1.82, 2.24) is 10.2 Å². The first-order chi connectivity index (χ1) is 11.6. The molecule has 6 nitrogen and oxygen atoms in total. The molecule has 1 saturated carbocycles. The largest absolute Gasteiger partial charge is 0.396 e. The highest BCUT2D eigenvalue weighted by atomic mass is 16.3. The highest BCUT2D eigenvalue weighted by Gasteiger charge is 2.37. The molecule has 0 saturated heterocycles. The number of carbonyl (C=O) groups excluding carboxylic acids is 3. The Hall–Kier alpha value is -2.21. The second-order valence-electron chi connectivity index (χ2n) is 6.74. The van der Waals surface area contributed by atoms with E-state index < -0.39 is 11.8 Å². The molecule has 1 heterocycles. The van der Waals surface area contributed by atoms with Crippen molar-refractivity contribution in [2.75, 3.05) is 19.7 Å². The van der Waals surface area contributed by atoms with Gasteiger partial charge in [0.15, 0.2) is 0 Å². The average molecular weight is 330 g/mol. The Kier molecular flexibility index (Phi) is 4.66. The van der Waals surface area contributed by atoms with Gasteiger partial charge in [-0.05, 0) is 25.0 Å². The molecule has 1 aromatic carbocycles. The minimum atomic E-state index is -0.430. The summed E-state index contributed by atoms with van der Waals surface area (Å²) in [5.41, 5.74) is 0.416. The molecule has 0 bridgehead atoms. The number of aliphatic hydroxyl groups excluding tert-OH is 1. The van der Waals surface area contributed by atoms with E-state index >= 15 is 0 Å². The van der Waals surface area contributed by atoms with E-state index in [0.717, 1.165) is 37.0 Å². The first-order valence-corrected chi connectivity index (χ1v) is 8.39. The van der Waals surface area contributed by atoms with Crippen molar-refractivity contribution in [1.29, 1.82) is 0 Å². The van der Waals surface area contributed by atoms with Gasteiger partial charge in [0.1, 0.15) is 6.54 Å². The number of amides is 3. The van der Waals surface area contributed by atoms with Gasteiger partial charge in [0.25, 0.3) is 11.8 Å². The highest BCUT2D eigenvalue weighted by molar-refractivity contribution is 6.22. The van der Waals surface area contributed by atoms with Crippen molar-refractivity contribution >= 4 is 17.7 Å². The van der Waals surface area contributed by atoms with E-state index in [1.165, 1.54) is 0 Å². The van der Waals surface area contributed by atoms with Crippen LogP contribution in [-0.4, -0.2) is 47.4 Å². The van der Waals surface area contributed by atoms with E-state index in [9.17, 15) is 19.5 Å². The first kappa shape index (κ1) is 16.6. The van der Waals surface area contributed by atoms with Crippen LogP contribution < -0.4 is 5.32 Å². The monoisotopic (exact) mass is 330 g/mol. The minimum absolute atomic E-state index is 0.0420. The Bertz CT molecular complexity index is 630. The summed E-state index contributed by atoms with van der Waals surface area (Å²) < 4.78 is 0. The number of fused-ring (bicyclic) bond motifs is 1. The van der Waals surface area contributed by atoms with Crippen molar-refractivity contribution in [2.45, 2.75) is 32.1 Å². The zero-order valence-corrected chi connectivity index (χ0v) is 13.6. The molecule has 128 valence electrons. The summed E-state index contributed by atoms with van der Waals surface area (Å²) in [4.78, 5) is 37.7. The number of nitrogens with one attached hydrogen (secondary N) is 1.